The van der Waals surface area contributed by atoms with Crippen LogP contribution < -0.4 is 9.44 Å². The molecule has 0 saturated carbocycles. The minimum Gasteiger partial charge on any atom is -0.210 e. The molecule has 136 valence electrons. The highest BCUT2D eigenvalue weighted by Gasteiger charge is 2.20. The third kappa shape index (κ3) is 5.37. The lowest BCUT2D eigenvalue weighted by atomic mass is 10.2. The van der Waals surface area contributed by atoms with E-state index in [2.05, 4.69) is 9.44 Å². The van der Waals surface area contributed by atoms with Crippen LogP contribution in [0.15, 0.2) is 58.3 Å². The summed E-state index contributed by atoms with van der Waals surface area (Å²) in [7, 11) is -7.38. The molecular formula is C17H22N2O4S2. The van der Waals surface area contributed by atoms with Crippen molar-refractivity contribution in [3.05, 3.63) is 59.7 Å². The fraction of sp³-hybridized carbons (Fsp3) is 0.294. The van der Waals surface area contributed by atoms with Crippen LogP contribution in [0.25, 0.3) is 0 Å². The Bertz CT molecular complexity index is 920. The molecule has 0 heterocycles. The normalized spacial score (nSPS) is 13.6. The summed E-state index contributed by atoms with van der Waals surface area (Å²) < 4.78 is 54.0. The van der Waals surface area contributed by atoms with Crippen molar-refractivity contribution in [1.29, 1.82) is 0 Å². The van der Waals surface area contributed by atoms with Gasteiger partial charge in [0, 0.05) is 12.6 Å². The van der Waals surface area contributed by atoms with Gasteiger partial charge in [-0.25, -0.2) is 26.3 Å². The van der Waals surface area contributed by atoms with E-state index in [0.29, 0.717) is 0 Å². The van der Waals surface area contributed by atoms with Crippen LogP contribution >= 0.6 is 0 Å². The fourth-order valence-electron chi connectivity index (χ4n) is 2.13. The first-order chi connectivity index (χ1) is 11.6. The predicted molar refractivity (Wildman–Crippen MR) is 97.3 cm³/mol. The first kappa shape index (κ1) is 19.6. The van der Waals surface area contributed by atoms with Gasteiger partial charge in [-0.1, -0.05) is 35.4 Å². The first-order valence-corrected chi connectivity index (χ1v) is 10.7. The number of sulfonamides is 2. The maximum absolute atomic E-state index is 12.3. The third-order valence-electron chi connectivity index (χ3n) is 3.60. The van der Waals surface area contributed by atoms with Crippen molar-refractivity contribution in [3.63, 3.8) is 0 Å². The summed E-state index contributed by atoms with van der Waals surface area (Å²) in [5, 5.41) is 0. The lowest BCUT2D eigenvalue weighted by Gasteiger charge is -2.15. The molecule has 0 aliphatic rings. The molecule has 2 rings (SSSR count). The molecule has 0 unspecified atom stereocenters. The highest BCUT2D eigenvalue weighted by Crippen LogP contribution is 2.12. The zero-order valence-electron chi connectivity index (χ0n) is 14.4. The molecule has 0 amide bonds. The molecule has 8 heteroatoms. The number of hydrogen-bond acceptors (Lipinski definition) is 4. The van der Waals surface area contributed by atoms with E-state index in [0.717, 1.165) is 11.1 Å². The predicted octanol–water partition coefficient (Wildman–Crippen LogP) is 1.95. The smallest absolute Gasteiger partial charge is 0.210 e. The number of rotatable bonds is 7. The van der Waals surface area contributed by atoms with E-state index in [1.54, 1.807) is 31.2 Å². The molecule has 1 atom stereocenters. The quantitative estimate of drug-likeness (QED) is 0.765. The Kier molecular flexibility index (Phi) is 5.99. The van der Waals surface area contributed by atoms with Crippen molar-refractivity contribution < 1.29 is 16.8 Å². The Morgan fingerprint density at radius 1 is 0.760 bits per heavy atom. The Morgan fingerprint density at radius 3 is 1.60 bits per heavy atom. The molecule has 0 bridgehead atoms. The molecular weight excluding hydrogens is 360 g/mol. The summed E-state index contributed by atoms with van der Waals surface area (Å²) in [5.41, 5.74) is 1.91. The standard InChI is InChI=1S/C17H22N2O4S2/c1-13-4-8-16(9-5-13)24(20,21)18-12-15(3)19-25(22,23)17-10-6-14(2)7-11-17/h4-11,15,18-19H,12H2,1-3H3/t15-/m0/s1. The zero-order chi connectivity index (χ0) is 18.7. The maximum Gasteiger partial charge on any atom is 0.240 e. The number of aryl methyl sites for hydroxylation is 2. The van der Waals surface area contributed by atoms with Crippen molar-refractivity contribution in [2.75, 3.05) is 6.54 Å². The van der Waals surface area contributed by atoms with E-state index in [9.17, 15) is 16.8 Å². The van der Waals surface area contributed by atoms with Crippen LogP contribution in [-0.2, 0) is 20.0 Å². The summed E-state index contributed by atoms with van der Waals surface area (Å²) in [5.74, 6) is 0. The molecule has 2 aromatic rings. The van der Waals surface area contributed by atoms with E-state index in [-0.39, 0.29) is 16.3 Å². The average molecular weight is 383 g/mol. The number of benzene rings is 2. The molecule has 0 aliphatic carbocycles. The van der Waals surface area contributed by atoms with E-state index in [4.69, 9.17) is 0 Å². The third-order valence-corrected chi connectivity index (χ3v) is 6.64. The molecule has 2 N–H and O–H groups in total. The average Bonchev–Trinajstić information content (AvgIpc) is 2.53. The van der Waals surface area contributed by atoms with E-state index in [1.165, 1.54) is 24.3 Å². The van der Waals surface area contributed by atoms with E-state index < -0.39 is 26.1 Å². The van der Waals surface area contributed by atoms with Gasteiger partial charge in [0.1, 0.15) is 0 Å². The van der Waals surface area contributed by atoms with Gasteiger partial charge in [-0.2, -0.15) is 0 Å². The summed E-state index contributed by atoms with van der Waals surface area (Å²) in [6.45, 7) is 5.28. The van der Waals surface area contributed by atoms with Gasteiger partial charge in [0.15, 0.2) is 0 Å². The summed E-state index contributed by atoms with van der Waals surface area (Å²) >= 11 is 0. The van der Waals surface area contributed by atoms with Crippen LogP contribution in [0.3, 0.4) is 0 Å². The van der Waals surface area contributed by atoms with Crippen molar-refractivity contribution in [3.8, 4) is 0 Å². The molecule has 0 aliphatic heterocycles. The van der Waals surface area contributed by atoms with Gasteiger partial charge >= 0.3 is 0 Å². The maximum atomic E-state index is 12.3. The number of nitrogens with one attached hydrogen (secondary N) is 2. The van der Waals surface area contributed by atoms with Gasteiger partial charge in [0.05, 0.1) is 9.79 Å². The van der Waals surface area contributed by atoms with Crippen LogP contribution in [0, 0.1) is 13.8 Å². The van der Waals surface area contributed by atoms with Crippen LogP contribution in [0.2, 0.25) is 0 Å². The molecule has 0 saturated heterocycles. The highest BCUT2D eigenvalue weighted by atomic mass is 32.2. The van der Waals surface area contributed by atoms with Crippen molar-refractivity contribution in [2.24, 2.45) is 0 Å². The molecule has 2 aromatic carbocycles. The lowest BCUT2D eigenvalue weighted by Crippen LogP contribution is -2.41. The SMILES string of the molecule is Cc1ccc(S(=O)(=O)NC[C@H](C)NS(=O)(=O)c2ccc(C)cc2)cc1. The topological polar surface area (TPSA) is 92.3 Å². The zero-order valence-corrected chi connectivity index (χ0v) is 16.0. The highest BCUT2D eigenvalue weighted by molar-refractivity contribution is 7.90. The van der Waals surface area contributed by atoms with Gasteiger partial charge in [-0.15, -0.1) is 0 Å². The Labute approximate surface area is 149 Å². The van der Waals surface area contributed by atoms with Gasteiger partial charge in [0.25, 0.3) is 0 Å². The van der Waals surface area contributed by atoms with Gasteiger partial charge in [0.2, 0.25) is 20.0 Å². The molecule has 25 heavy (non-hydrogen) atoms. The van der Waals surface area contributed by atoms with Gasteiger partial charge in [-0.05, 0) is 45.0 Å². The van der Waals surface area contributed by atoms with Crippen LogP contribution in [-0.4, -0.2) is 29.4 Å². The number of hydrogen-bond donors (Lipinski definition) is 2. The minimum absolute atomic E-state index is 0.0543. The Hall–Kier alpha value is -1.74. The van der Waals surface area contributed by atoms with E-state index >= 15 is 0 Å². The second kappa shape index (κ2) is 7.65. The monoisotopic (exact) mass is 382 g/mol. The Morgan fingerprint density at radius 2 is 1.16 bits per heavy atom. The van der Waals surface area contributed by atoms with Crippen molar-refractivity contribution in [2.45, 2.75) is 36.6 Å². The van der Waals surface area contributed by atoms with Gasteiger partial charge in [-0.3, -0.25) is 0 Å². The van der Waals surface area contributed by atoms with Crippen molar-refractivity contribution >= 4 is 20.0 Å². The summed E-state index contributed by atoms with van der Waals surface area (Å²) in [4.78, 5) is 0.290. The second-order valence-electron chi connectivity index (χ2n) is 6.00. The molecule has 0 spiro atoms. The fourth-order valence-corrected chi connectivity index (χ4v) is 4.50. The molecule has 0 radical (unpaired) electrons. The van der Waals surface area contributed by atoms with Crippen LogP contribution in [0.5, 0.6) is 0 Å². The lowest BCUT2D eigenvalue weighted by molar-refractivity contribution is 0.545. The summed E-state index contributed by atoms with van der Waals surface area (Å²) in [6.07, 6.45) is 0. The molecule has 6 nitrogen and oxygen atoms in total. The minimum atomic E-state index is -3.70. The largest absolute Gasteiger partial charge is 0.240 e. The van der Waals surface area contributed by atoms with Crippen molar-refractivity contribution in [1.82, 2.24) is 9.44 Å². The second-order valence-corrected chi connectivity index (χ2v) is 9.48. The Balaban J connectivity index is 2.01. The van der Waals surface area contributed by atoms with Crippen LogP contribution in [0.4, 0.5) is 0 Å². The van der Waals surface area contributed by atoms with Gasteiger partial charge < -0.3 is 0 Å². The summed E-state index contributed by atoms with van der Waals surface area (Å²) in [6, 6.07) is 12.3. The molecule has 0 aromatic heterocycles. The first-order valence-electron chi connectivity index (χ1n) is 7.75. The van der Waals surface area contributed by atoms with E-state index in [1.807, 2.05) is 13.8 Å². The molecule has 0 fully saturated rings. The van der Waals surface area contributed by atoms with Crippen LogP contribution in [0.1, 0.15) is 18.1 Å².